The zero-order chi connectivity index (χ0) is 17.4. The standard InChI is InChI=1S/C17H29N5O2.HI/c1-12(2)15-10-14(24-22-15)11-21-17(18-3)20-9-5-8-19-16(23)13-6-4-7-13;/h10,12-13H,4-9,11H2,1-3H3,(H,19,23)(H2,18,20,21);1H. The lowest BCUT2D eigenvalue weighted by Gasteiger charge is -2.24. The lowest BCUT2D eigenvalue weighted by atomic mass is 9.85. The maximum Gasteiger partial charge on any atom is 0.223 e. The summed E-state index contributed by atoms with van der Waals surface area (Å²) < 4.78 is 5.29. The summed E-state index contributed by atoms with van der Waals surface area (Å²) in [6, 6.07) is 1.96. The molecule has 1 aliphatic carbocycles. The van der Waals surface area contributed by atoms with Crippen LogP contribution in [0.5, 0.6) is 0 Å². The molecule has 25 heavy (non-hydrogen) atoms. The molecule has 1 aromatic rings. The van der Waals surface area contributed by atoms with Gasteiger partial charge in [-0.15, -0.1) is 24.0 Å². The second-order valence-corrected chi connectivity index (χ2v) is 6.50. The molecule has 8 heteroatoms. The molecule has 7 nitrogen and oxygen atoms in total. The van der Waals surface area contributed by atoms with E-state index in [0.29, 0.717) is 25.0 Å². The number of aliphatic imine (C=N–C) groups is 1. The van der Waals surface area contributed by atoms with Gasteiger partial charge in [-0.1, -0.05) is 25.4 Å². The van der Waals surface area contributed by atoms with Crippen molar-refractivity contribution in [2.75, 3.05) is 20.1 Å². The Morgan fingerprint density at radius 3 is 2.60 bits per heavy atom. The molecule has 1 aliphatic rings. The van der Waals surface area contributed by atoms with Crippen LogP contribution in [-0.4, -0.2) is 37.2 Å². The van der Waals surface area contributed by atoms with Gasteiger partial charge in [-0.2, -0.15) is 0 Å². The van der Waals surface area contributed by atoms with Crippen LogP contribution in [0.1, 0.15) is 56.9 Å². The molecule has 1 heterocycles. The van der Waals surface area contributed by atoms with E-state index < -0.39 is 0 Å². The van der Waals surface area contributed by atoms with E-state index in [2.05, 4.69) is 39.9 Å². The Bertz CT molecular complexity index is 555. The predicted molar refractivity (Wildman–Crippen MR) is 109 cm³/mol. The van der Waals surface area contributed by atoms with Gasteiger partial charge in [-0.25, -0.2) is 0 Å². The van der Waals surface area contributed by atoms with Crippen molar-refractivity contribution < 1.29 is 9.32 Å². The van der Waals surface area contributed by atoms with Crippen LogP contribution in [-0.2, 0) is 11.3 Å². The van der Waals surface area contributed by atoms with Gasteiger partial charge in [0.15, 0.2) is 11.7 Å². The lowest BCUT2D eigenvalue weighted by molar-refractivity contribution is -0.127. The fourth-order valence-electron chi connectivity index (χ4n) is 2.40. The Morgan fingerprint density at radius 2 is 2.04 bits per heavy atom. The van der Waals surface area contributed by atoms with E-state index in [1.165, 1.54) is 6.42 Å². The van der Waals surface area contributed by atoms with Crippen molar-refractivity contribution in [1.82, 2.24) is 21.1 Å². The normalized spacial score (nSPS) is 14.6. The number of hydrogen-bond acceptors (Lipinski definition) is 4. The second-order valence-electron chi connectivity index (χ2n) is 6.50. The molecular formula is C17H30IN5O2. The SMILES string of the molecule is CN=C(NCCCNC(=O)C1CCC1)NCc1cc(C(C)C)no1.I. The molecule has 3 N–H and O–H groups in total. The van der Waals surface area contributed by atoms with E-state index in [9.17, 15) is 4.79 Å². The van der Waals surface area contributed by atoms with Crippen molar-refractivity contribution in [2.24, 2.45) is 10.9 Å². The maximum absolute atomic E-state index is 11.7. The highest BCUT2D eigenvalue weighted by molar-refractivity contribution is 14.0. The summed E-state index contributed by atoms with van der Waals surface area (Å²) in [5, 5.41) is 13.4. The predicted octanol–water partition coefficient (Wildman–Crippen LogP) is 2.39. The molecule has 0 aliphatic heterocycles. The molecule has 0 spiro atoms. The third-order valence-electron chi connectivity index (χ3n) is 4.24. The van der Waals surface area contributed by atoms with Crippen molar-refractivity contribution in [3.63, 3.8) is 0 Å². The maximum atomic E-state index is 11.7. The summed E-state index contributed by atoms with van der Waals surface area (Å²) in [6.45, 7) is 6.15. The molecule has 0 unspecified atom stereocenters. The van der Waals surface area contributed by atoms with E-state index in [-0.39, 0.29) is 35.8 Å². The Balaban J connectivity index is 0.00000312. The van der Waals surface area contributed by atoms with Crippen molar-refractivity contribution >= 4 is 35.8 Å². The molecule has 2 rings (SSSR count). The number of carbonyl (C=O) groups is 1. The van der Waals surface area contributed by atoms with Crippen molar-refractivity contribution in [1.29, 1.82) is 0 Å². The van der Waals surface area contributed by atoms with Gasteiger partial charge in [0.25, 0.3) is 0 Å². The second kappa shape index (κ2) is 11.3. The van der Waals surface area contributed by atoms with Crippen LogP contribution in [0.4, 0.5) is 0 Å². The first-order chi connectivity index (χ1) is 11.6. The molecule has 142 valence electrons. The minimum atomic E-state index is 0. The van der Waals surface area contributed by atoms with Crippen LogP contribution in [0, 0.1) is 5.92 Å². The highest BCUT2D eigenvalue weighted by Crippen LogP contribution is 2.25. The average molecular weight is 463 g/mol. The first-order valence-corrected chi connectivity index (χ1v) is 8.78. The Morgan fingerprint density at radius 1 is 1.32 bits per heavy atom. The molecule has 0 aromatic carbocycles. The molecule has 0 atom stereocenters. The number of amides is 1. The first-order valence-electron chi connectivity index (χ1n) is 8.78. The van der Waals surface area contributed by atoms with E-state index in [4.69, 9.17) is 4.52 Å². The lowest BCUT2D eigenvalue weighted by Crippen LogP contribution is -2.39. The molecule has 1 aromatic heterocycles. The van der Waals surface area contributed by atoms with Crippen LogP contribution in [0.3, 0.4) is 0 Å². The Kier molecular flexibility index (Phi) is 9.84. The minimum absolute atomic E-state index is 0. The monoisotopic (exact) mass is 463 g/mol. The quantitative estimate of drug-likeness (QED) is 0.238. The zero-order valence-corrected chi connectivity index (χ0v) is 17.6. The summed E-state index contributed by atoms with van der Waals surface area (Å²) in [5.74, 6) is 2.31. The number of carbonyl (C=O) groups excluding carboxylic acids is 1. The van der Waals surface area contributed by atoms with Crippen molar-refractivity contribution in [3.05, 3.63) is 17.5 Å². The number of aromatic nitrogens is 1. The van der Waals surface area contributed by atoms with Crippen molar-refractivity contribution in [2.45, 2.75) is 52.0 Å². The van der Waals surface area contributed by atoms with Gasteiger partial charge in [0.05, 0.1) is 12.2 Å². The third kappa shape index (κ3) is 7.21. The number of hydrogen-bond donors (Lipinski definition) is 3. The highest BCUT2D eigenvalue weighted by Gasteiger charge is 2.24. The molecule has 0 radical (unpaired) electrons. The fourth-order valence-corrected chi connectivity index (χ4v) is 2.40. The summed E-state index contributed by atoms with van der Waals surface area (Å²) >= 11 is 0. The number of nitrogens with one attached hydrogen (secondary N) is 3. The average Bonchev–Trinajstić information content (AvgIpc) is 2.97. The number of nitrogens with zero attached hydrogens (tertiary/aromatic N) is 2. The van der Waals surface area contributed by atoms with Gasteiger partial charge in [-0.05, 0) is 25.2 Å². The van der Waals surface area contributed by atoms with Crippen molar-refractivity contribution in [3.8, 4) is 0 Å². The van der Waals surface area contributed by atoms with Crippen LogP contribution >= 0.6 is 24.0 Å². The van der Waals surface area contributed by atoms with Crippen LogP contribution in [0.15, 0.2) is 15.6 Å². The van der Waals surface area contributed by atoms with E-state index in [1.807, 2.05) is 6.07 Å². The molecule has 1 saturated carbocycles. The smallest absolute Gasteiger partial charge is 0.223 e. The molecule has 0 bridgehead atoms. The fraction of sp³-hybridized carbons (Fsp3) is 0.706. The van der Waals surface area contributed by atoms with Crippen LogP contribution < -0.4 is 16.0 Å². The number of guanidine groups is 1. The molecular weight excluding hydrogens is 433 g/mol. The molecule has 0 saturated heterocycles. The first kappa shape index (κ1) is 21.7. The van der Waals surface area contributed by atoms with E-state index in [0.717, 1.165) is 37.3 Å². The van der Waals surface area contributed by atoms with E-state index >= 15 is 0 Å². The van der Waals surface area contributed by atoms with Gasteiger partial charge in [-0.3, -0.25) is 9.79 Å². The minimum Gasteiger partial charge on any atom is -0.359 e. The number of rotatable bonds is 8. The summed E-state index contributed by atoms with van der Waals surface area (Å²) in [4.78, 5) is 15.9. The van der Waals surface area contributed by atoms with Crippen LogP contribution in [0.2, 0.25) is 0 Å². The Labute approximate surface area is 166 Å². The largest absolute Gasteiger partial charge is 0.359 e. The topological polar surface area (TPSA) is 91.5 Å². The van der Waals surface area contributed by atoms with Gasteiger partial charge in [0.1, 0.15) is 0 Å². The van der Waals surface area contributed by atoms with Gasteiger partial charge >= 0.3 is 0 Å². The van der Waals surface area contributed by atoms with Gasteiger partial charge < -0.3 is 20.5 Å². The molecule has 1 fully saturated rings. The summed E-state index contributed by atoms with van der Waals surface area (Å²) in [7, 11) is 1.73. The van der Waals surface area contributed by atoms with Gasteiger partial charge in [0, 0.05) is 32.1 Å². The van der Waals surface area contributed by atoms with Crippen LogP contribution in [0.25, 0.3) is 0 Å². The van der Waals surface area contributed by atoms with Gasteiger partial charge in [0.2, 0.25) is 5.91 Å². The summed E-state index contributed by atoms with van der Waals surface area (Å²) in [6.07, 6.45) is 4.13. The molecule has 1 amide bonds. The van der Waals surface area contributed by atoms with E-state index in [1.54, 1.807) is 7.05 Å². The number of halogens is 1. The summed E-state index contributed by atoms with van der Waals surface area (Å²) in [5.41, 5.74) is 0.956. The third-order valence-corrected chi connectivity index (χ3v) is 4.24. The zero-order valence-electron chi connectivity index (χ0n) is 15.3. The highest BCUT2D eigenvalue weighted by atomic mass is 127. The Hall–Kier alpha value is -1.32.